The summed E-state index contributed by atoms with van der Waals surface area (Å²) < 4.78 is 26.0. The Bertz CT molecular complexity index is 716. The molecule has 0 aliphatic carbocycles. The molecule has 2 aromatic carbocycles. The topological polar surface area (TPSA) is 76.7 Å². The van der Waals surface area contributed by atoms with Gasteiger partial charge in [-0.05, 0) is 36.4 Å². The summed E-state index contributed by atoms with van der Waals surface area (Å²) in [5.41, 5.74) is 6.22. The van der Waals surface area contributed by atoms with Gasteiger partial charge in [-0.1, -0.05) is 16.8 Å². The minimum absolute atomic E-state index is 0.0225. The number of benzene rings is 2. The highest BCUT2D eigenvalue weighted by molar-refractivity contribution is 6.30. The molecule has 0 fully saturated rings. The summed E-state index contributed by atoms with van der Waals surface area (Å²) in [7, 11) is 0. The Morgan fingerprint density at radius 1 is 1.17 bits per heavy atom. The molecule has 5 nitrogen and oxygen atoms in total. The van der Waals surface area contributed by atoms with Gasteiger partial charge in [0.25, 0.3) is 5.91 Å². The Hall–Kier alpha value is -2.67. The zero-order chi connectivity index (χ0) is 16.8. The van der Waals surface area contributed by atoms with E-state index in [-0.39, 0.29) is 11.5 Å². The number of nitrogens with zero attached hydrogens (tertiary/aromatic N) is 1. The van der Waals surface area contributed by atoms with Crippen LogP contribution in [0, 0.1) is 11.6 Å². The third-order valence-electron chi connectivity index (χ3n) is 2.64. The van der Waals surface area contributed by atoms with Crippen molar-refractivity contribution in [3.63, 3.8) is 0 Å². The van der Waals surface area contributed by atoms with Crippen molar-refractivity contribution in [3.05, 3.63) is 64.7 Å². The normalized spacial score (nSPS) is 11.2. The maximum absolute atomic E-state index is 13.0. The van der Waals surface area contributed by atoms with Gasteiger partial charge in [-0.3, -0.25) is 4.79 Å². The van der Waals surface area contributed by atoms with E-state index in [4.69, 9.17) is 22.2 Å². The van der Waals surface area contributed by atoms with E-state index >= 15 is 0 Å². The summed E-state index contributed by atoms with van der Waals surface area (Å²) in [4.78, 5) is 16.4. The smallest absolute Gasteiger partial charge is 0.265 e. The lowest BCUT2D eigenvalue weighted by molar-refractivity contribution is -0.120. The Kier molecular flexibility index (Phi) is 5.48. The molecule has 0 atom stereocenters. The van der Waals surface area contributed by atoms with Crippen molar-refractivity contribution in [3.8, 4) is 0 Å². The van der Waals surface area contributed by atoms with Crippen molar-refractivity contribution in [2.24, 2.45) is 10.9 Å². The van der Waals surface area contributed by atoms with Crippen molar-refractivity contribution >= 4 is 29.0 Å². The average molecular weight is 340 g/mol. The maximum Gasteiger partial charge on any atom is 0.265 e. The number of nitrogens with one attached hydrogen (secondary N) is 1. The largest absolute Gasteiger partial charge is 0.384 e. The van der Waals surface area contributed by atoms with E-state index in [2.05, 4.69) is 10.5 Å². The first-order valence-electron chi connectivity index (χ1n) is 6.41. The van der Waals surface area contributed by atoms with E-state index in [1.165, 1.54) is 0 Å². The van der Waals surface area contributed by atoms with Crippen LogP contribution >= 0.6 is 11.6 Å². The van der Waals surface area contributed by atoms with Crippen LogP contribution in [-0.2, 0) is 9.63 Å². The minimum atomic E-state index is -0.800. The van der Waals surface area contributed by atoms with Crippen LogP contribution in [0.2, 0.25) is 5.02 Å². The fourth-order valence-electron chi connectivity index (χ4n) is 1.66. The average Bonchev–Trinajstić information content (AvgIpc) is 2.46. The van der Waals surface area contributed by atoms with Gasteiger partial charge in [0, 0.05) is 22.3 Å². The Morgan fingerprint density at radius 2 is 1.78 bits per heavy atom. The number of rotatable bonds is 5. The fraction of sp³-hybridized carbons (Fsp3) is 0.0667. The van der Waals surface area contributed by atoms with Gasteiger partial charge in [-0.2, -0.15) is 0 Å². The van der Waals surface area contributed by atoms with Gasteiger partial charge < -0.3 is 15.9 Å². The van der Waals surface area contributed by atoms with Crippen LogP contribution in [0.4, 0.5) is 14.5 Å². The highest BCUT2D eigenvalue weighted by atomic mass is 35.5. The van der Waals surface area contributed by atoms with Crippen molar-refractivity contribution in [2.75, 3.05) is 11.9 Å². The molecule has 0 aliphatic rings. The number of hydrogen-bond acceptors (Lipinski definition) is 3. The number of oxime groups is 1. The van der Waals surface area contributed by atoms with Gasteiger partial charge in [0.2, 0.25) is 0 Å². The quantitative estimate of drug-likeness (QED) is 0.499. The van der Waals surface area contributed by atoms with Crippen LogP contribution < -0.4 is 11.1 Å². The SMILES string of the molecule is NC(=NOCC(=O)Nc1cc(F)cc(F)c1)c1ccc(Cl)cc1. The van der Waals surface area contributed by atoms with Crippen LogP contribution in [0.1, 0.15) is 5.56 Å². The molecule has 0 saturated carbocycles. The van der Waals surface area contributed by atoms with E-state index in [1.807, 2.05) is 0 Å². The molecule has 2 aromatic rings. The summed E-state index contributed by atoms with van der Waals surface area (Å²) >= 11 is 5.74. The molecular formula is C15H12ClF2N3O2. The van der Waals surface area contributed by atoms with Crippen molar-refractivity contribution in [1.29, 1.82) is 0 Å². The molecule has 0 radical (unpaired) electrons. The van der Waals surface area contributed by atoms with Crippen LogP contribution in [0.25, 0.3) is 0 Å². The lowest BCUT2D eigenvalue weighted by atomic mass is 10.2. The second kappa shape index (κ2) is 7.55. The van der Waals surface area contributed by atoms with Crippen molar-refractivity contribution in [1.82, 2.24) is 0 Å². The van der Waals surface area contributed by atoms with E-state index in [9.17, 15) is 13.6 Å². The van der Waals surface area contributed by atoms with Gasteiger partial charge in [0.05, 0.1) is 0 Å². The standard InChI is InChI=1S/C15H12ClF2N3O2/c16-10-3-1-9(2-4-10)15(19)21-23-8-14(22)20-13-6-11(17)5-12(18)7-13/h1-7H,8H2,(H2,19,21)(H,20,22). The molecule has 0 bridgehead atoms. The molecule has 0 saturated heterocycles. The maximum atomic E-state index is 13.0. The van der Waals surface area contributed by atoms with Gasteiger partial charge in [-0.25, -0.2) is 8.78 Å². The van der Waals surface area contributed by atoms with E-state index in [0.29, 0.717) is 16.7 Å². The van der Waals surface area contributed by atoms with Gasteiger partial charge in [-0.15, -0.1) is 0 Å². The predicted molar refractivity (Wildman–Crippen MR) is 83.1 cm³/mol. The first kappa shape index (κ1) is 16.7. The van der Waals surface area contributed by atoms with Crippen LogP contribution in [0.5, 0.6) is 0 Å². The summed E-state index contributed by atoms with van der Waals surface area (Å²) in [6.07, 6.45) is 0. The lowest BCUT2D eigenvalue weighted by Gasteiger charge is -2.05. The molecule has 3 N–H and O–H groups in total. The van der Waals surface area contributed by atoms with Gasteiger partial charge >= 0.3 is 0 Å². The van der Waals surface area contributed by atoms with E-state index in [0.717, 1.165) is 12.1 Å². The van der Waals surface area contributed by atoms with Crippen molar-refractivity contribution < 1.29 is 18.4 Å². The zero-order valence-corrected chi connectivity index (χ0v) is 12.5. The van der Waals surface area contributed by atoms with Crippen LogP contribution in [-0.4, -0.2) is 18.3 Å². The number of amides is 1. The molecule has 0 aliphatic heterocycles. The number of carbonyl (C=O) groups excluding carboxylic acids is 1. The summed E-state index contributed by atoms with van der Waals surface area (Å²) in [5, 5.41) is 6.40. The molecule has 8 heteroatoms. The second-order valence-corrected chi connectivity index (χ2v) is 4.90. The number of amidine groups is 1. The molecule has 1 amide bonds. The highest BCUT2D eigenvalue weighted by Gasteiger charge is 2.06. The summed E-state index contributed by atoms with van der Waals surface area (Å²) in [6, 6.07) is 9.19. The molecule has 2 rings (SSSR count). The number of hydrogen-bond donors (Lipinski definition) is 2. The van der Waals surface area contributed by atoms with Gasteiger partial charge in [0.15, 0.2) is 12.4 Å². The third kappa shape index (κ3) is 5.23. The fourth-order valence-corrected chi connectivity index (χ4v) is 1.78. The van der Waals surface area contributed by atoms with Crippen LogP contribution in [0.3, 0.4) is 0 Å². The van der Waals surface area contributed by atoms with E-state index in [1.54, 1.807) is 24.3 Å². The van der Waals surface area contributed by atoms with E-state index < -0.39 is 24.1 Å². The molecule has 0 unspecified atom stereocenters. The predicted octanol–water partition coefficient (Wildman–Crippen LogP) is 2.89. The monoisotopic (exact) mass is 339 g/mol. The zero-order valence-electron chi connectivity index (χ0n) is 11.7. The molecule has 120 valence electrons. The second-order valence-electron chi connectivity index (χ2n) is 4.46. The Balaban J connectivity index is 1.88. The summed E-state index contributed by atoms with van der Waals surface area (Å²) in [5.74, 6) is -2.17. The number of carbonyl (C=O) groups is 1. The Labute approximate surface area is 135 Å². The Morgan fingerprint density at radius 3 is 2.39 bits per heavy atom. The molecule has 0 spiro atoms. The number of anilines is 1. The molecular weight excluding hydrogens is 328 g/mol. The first-order chi connectivity index (χ1) is 10.9. The minimum Gasteiger partial charge on any atom is -0.384 e. The summed E-state index contributed by atoms with van der Waals surface area (Å²) in [6.45, 7) is -0.466. The molecule has 0 heterocycles. The highest BCUT2D eigenvalue weighted by Crippen LogP contribution is 2.12. The first-order valence-corrected chi connectivity index (χ1v) is 6.79. The number of nitrogens with two attached hydrogens (primary N) is 1. The number of halogens is 3. The van der Waals surface area contributed by atoms with Crippen molar-refractivity contribution in [2.45, 2.75) is 0 Å². The molecule has 23 heavy (non-hydrogen) atoms. The van der Waals surface area contributed by atoms with Crippen LogP contribution in [0.15, 0.2) is 47.6 Å². The molecule has 0 aromatic heterocycles. The third-order valence-corrected chi connectivity index (χ3v) is 2.90. The lowest BCUT2D eigenvalue weighted by Crippen LogP contribution is -2.19. The van der Waals surface area contributed by atoms with Gasteiger partial charge in [0.1, 0.15) is 11.6 Å².